The molecule has 0 bridgehead atoms. The summed E-state index contributed by atoms with van der Waals surface area (Å²) < 4.78 is 16.8. The van der Waals surface area contributed by atoms with Crippen LogP contribution in [-0.4, -0.2) is 37.2 Å². The lowest BCUT2D eigenvalue weighted by Gasteiger charge is -2.18. The monoisotopic (exact) mass is 919 g/mol. The van der Waals surface area contributed by atoms with E-state index < -0.39 is 6.10 Å². The maximum Gasteiger partial charge on any atom is 0.306 e. The fourth-order valence-corrected chi connectivity index (χ4v) is 7.47. The molecule has 0 aliphatic rings. The maximum atomic E-state index is 12.8. The third-order valence-electron chi connectivity index (χ3n) is 11.6. The van der Waals surface area contributed by atoms with Gasteiger partial charge in [-0.3, -0.25) is 14.4 Å². The van der Waals surface area contributed by atoms with Gasteiger partial charge in [0.1, 0.15) is 13.2 Å². The predicted molar refractivity (Wildman–Crippen MR) is 284 cm³/mol. The highest BCUT2D eigenvalue weighted by Crippen LogP contribution is 2.14. The van der Waals surface area contributed by atoms with Crippen LogP contribution in [0.3, 0.4) is 0 Å². The molecule has 66 heavy (non-hydrogen) atoms. The highest BCUT2D eigenvalue weighted by Gasteiger charge is 2.19. The highest BCUT2D eigenvalue weighted by atomic mass is 16.6. The summed E-state index contributed by atoms with van der Waals surface area (Å²) in [6, 6.07) is 0. The second-order valence-electron chi connectivity index (χ2n) is 18.1. The van der Waals surface area contributed by atoms with Gasteiger partial charge in [0, 0.05) is 19.3 Å². The molecule has 0 spiro atoms. The first-order valence-electron chi connectivity index (χ1n) is 27.6. The van der Waals surface area contributed by atoms with Gasteiger partial charge in [-0.2, -0.15) is 0 Å². The summed E-state index contributed by atoms with van der Waals surface area (Å²) in [7, 11) is 0. The van der Waals surface area contributed by atoms with Crippen molar-refractivity contribution >= 4 is 17.9 Å². The fraction of sp³-hybridized carbons (Fsp3) is 0.717. The molecule has 1 atom stereocenters. The van der Waals surface area contributed by atoms with Crippen molar-refractivity contribution in [1.82, 2.24) is 0 Å². The van der Waals surface area contributed by atoms with Gasteiger partial charge in [-0.05, 0) is 109 Å². The Hall–Kier alpha value is -3.41. The molecule has 0 saturated heterocycles. The Morgan fingerprint density at radius 3 is 1.02 bits per heavy atom. The summed E-state index contributed by atoms with van der Waals surface area (Å²) in [6.07, 6.45) is 70.1. The first kappa shape index (κ1) is 62.6. The molecule has 0 fully saturated rings. The minimum atomic E-state index is -0.810. The molecule has 0 amide bonds. The number of rotatable bonds is 49. The van der Waals surface area contributed by atoms with Gasteiger partial charge < -0.3 is 14.2 Å². The molecule has 0 aromatic rings. The molecule has 6 heteroatoms. The third-order valence-corrected chi connectivity index (χ3v) is 11.6. The van der Waals surface area contributed by atoms with Crippen LogP contribution in [0.5, 0.6) is 0 Å². The van der Waals surface area contributed by atoms with Crippen molar-refractivity contribution in [3.05, 3.63) is 85.1 Å². The van der Waals surface area contributed by atoms with Crippen molar-refractivity contribution in [2.24, 2.45) is 0 Å². The molecule has 0 aliphatic heterocycles. The maximum absolute atomic E-state index is 12.8. The SMILES string of the molecule is CC/C=C\C/C=C\C/C=C\C/C=C\C/C=C\CCCC(=O)OC(COC(=O)CCCCCCC/C=C\CCCCC)COC(=O)CCCCCCCCCCC/C=C\CCCCCCCC. The van der Waals surface area contributed by atoms with E-state index in [0.717, 1.165) is 89.9 Å². The Labute approximate surface area is 407 Å². The van der Waals surface area contributed by atoms with Crippen LogP contribution in [-0.2, 0) is 28.6 Å². The zero-order chi connectivity index (χ0) is 47.9. The molecule has 0 aromatic carbocycles. The molecule has 0 heterocycles. The topological polar surface area (TPSA) is 78.9 Å². The Balaban J connectivity index is 4.44. The smallest absolute Gasteiger partial charge is 0.306 e. The molecular weight excluding hydrogens is 817 g/mol. The average molecular weight is 919 g/mol. The van der Waals surface area contributed by atoms with E-state index in [4.69, 9.17) is 14.2 Å². The fourth-order valence-electron chi connectivity index (χ4n) is 7.47. The van der Waals surface area contributed by atoms with E-state index >= 15 is 0 Å². The van der Waals surface area contributed by atoms with Gasteiger partial charge in [-0.15, -0.1) is 0 Å². The van der Waals surface area contributed by atoms with Crippen LogP contribution in [0.1, 0.15) is 258 Å². The van der Waals surface area contributed by atoms with E-state index in [-0.39, 0.29) is 37.5 Å². The summed E-state index contributed by atoms with van der Waals surface area (Å²) in [5.41, 5.74) is 0. The van der Waals surface area contributed by atoms with Gasteiger partial charge in [-0.25, -0.2) is 0 Å². The number of ether oxygens (including phenoxy) is 3. The Morgan fingerprint density at radius 2 is 0.606 bits per heavy atom. The number of esters is 3. The van der Waals surface area contributed by atoms with Gasteiger partial charge in [0.15, 0.2) is 6.10 Å². The van der Waals surface area contributed by atoms with E-state index in [1.807, 2.05) is 0 Å². The summed E-state index contributed by atoms with van der Waals surface area (Å²) in [6.45, 7) is 6.45. The van der Waals surface area contributed by atoms with Crippen LogP contribution >= 0.6 is 0 Å². The molecule has 0 aromatic heterocycles. The van der Waals surface area contributed by atoms with Gasteiger partial charge >= 0.3 is 17.9 Å². The Bertz CT molecular complexity index is 1290. The summed E-state index contributed by atoms with van der Waals surface area (Å²) in [5.74, 6) is -0.971. The van der Waals surface area contributed by atoms with Crippen molar-refractivity contribution in [2.75, 3.05) is 13.2 Å². The molecule has 0 radical (unpaired) electrons. The van der Waals surface area contributed by atoms with Crippen molar-refractivity contribution < 1.29 is 28.6 Å². The van der Waals surface area contributed by atoms with Crippen LogP contribution in [0, 0.1) is 0 Å². The first-order chi connectivity index (χ1) is 32.5. The molecule has 0 aliphatic carbocycles. The molecule has 6 nitrogen and oxygen atoms in total. The van der Waals surface area contributed by atoms with E-state index in [2.05, 4.69) is 106 Å². The Morgan fingerprint density at radius 1 is 0.318 bits per heavy atom. The van der Waals surface area contributed by atoms with Crippen LogP contribution in [0.15, 0.2) is 85.1 Å². The molecule has 0 rings (SSSR count). The zero-order valence-electron chi connectivity index (χ0n) is 43.2. The van der Waals surface area contributed by atoms with Gasteiger partial charge in [0.05, 0.1) is 0 Å². The number of unbranched alkanes of at least 4 members (excludes halogenated alkanes) is 24. The molecule has 1 unspecified atom stereocenters. The number of hydrogen-bond acceptors (Lipinski definition) is 6. The van der Waals surface area contributed by atoms with Gasteiger partial charge in [-0.1, -0.05) is 215 Å². The molecule has 378 valence electrons. The third kappa shape index (κ3) is 51.6. The minimum Gasteiger partial charge on any atom is -0.462 e. The van der Waals surface area contributed by atoms with Crippen LogP contribution < -0.4 is 0 Å². The molecule has 0 N–H and O–H groups in total. The van der Waals surface area contributed by atoms with E-state index in [1.54, 1.807) is 0 Å². The average Bonchev–Trinajstić information content (AvgIpc) is 3.31. The van der Waals surface area contributed by atoms with E-state index in [0.29, 0.717) is 19.3 Å². The Kier molecular flexibility index (Phi) is 51.4. The van der Waals surface area contributed by atoms with E-state index in [1.165, 1.54) is 122 Å². The summed E-state index contributed by atoms with van der Waals surface area (Å²) in [4.78, 5) is 38.0. The van der Waals surface area contributed by atoms with Crippen LogP contribution in [0.25, 0.3) is 0 Å². The predicted octanol–water partition coefficient (Wildman–Crippen LogP) is 18.4. The van der Waals surface area contributed by atoms with Gasteiger partial charge in [0.25, 0.3) is 0 Å². The highest BCUT2D eigenvalue weighted by molar-refractivity contribution is 5.71. The number of carbonyl (C=O) groups is 3. The standard InChI is InChI=1S/C60H102O6/c1-4-7-10-13-16-19-22-25-27-29-30-32-33-35-38-41-44-47-50-53-59(62)65-56-57(55-64-58(61)52-49-46-43-40-37-24-21-18-15-12-9-6-3)66-60(63)54-51-48-45-42-39-36-34-31-28-26-23-20-17-14-11-8-5-2/h8,11,17-18,20-21,25-28,34,36,42,45,57H,4-7,9-10,12-16,19,22-24,29-33,35,37-41,43-44,46-56H2,1-3H3/b11-8-,20-17-,21-18-,27-25-,28-26-,36-34-,45-42-. The lowest BCUT2D eigenvalue weighted by molar-refractivity contribution is -0.167. The summed E-state index contributed by atoms with van der Waals surface area (Å²) >= 11 is 0. The van der Waals surface area contributed by atoms with Crippen molar-refractivity contribution in [2.45, 2.75) is 264 Å². The number of allylic oxidation sites excluding steroid dienone is 14. The van der Waals surface area contributed by atoms with Gasteiger partial charge in [0.2, 0.25) is 0 Å². The lowest BCUT2D eigenvalue weighted by Crippen LogP contribution is -2.30. The zero-order valence-corrected chi connectivity index (χ0v) is 43.2. The quantitative estimate of drug-likeness (QED) is 0.0262. The van der Waals surface area contributed by atoms with Crippen molar-refractivity contribution in [3.8, 4) is 0 Å². The van der Waals surface area contributed by atoms with Crippen LogP contribution in [0.4, 0.5) is 0 Å². The largest absolute Gasteiger partial charge is 0.462 e. The first-order valence-corrected chi connectivity index (χ1v) is 27.6. The number of carbonyl (C=O) groups excluding carboxylic acids is 3. The van der Waals surface area contributed by atoms with E-state index in [9.17, 15) is 14.4 Å². The molecule has 0 saturated carbocycles. The molecular formula is C60H102O6. The summed E-state index contributed by atoms with van der Waals surface area (Å²) in [5, 5.41) is 0. The number of hydrogen-bond donors (Lipinski definition) is 0. The minimum absolute atomic E-state index is 0.103. The lowest BCUT2D eigenvalue weighted by atomic mass is 10.1. The van der Waals surface area contributed by atoms with Crippen molar-refractivity contribution in [3.63, 3.8) is 0 Å². The van der Waals surface area contributed by atoms with Crippen LogP contribution in [0.2, 0.25) is 0 Å². The second kappa shape index (κ2) is 54.2. The normalized spacial score (nSPS) is 12.7. The second-order valence-corrected chi connectivity index (χ2v) is 18.1. The van der Waals surface area contributed by atoms with Crippen molar-refractivity contribution in [1.29, 1.82) is 0 Å².